The van der Waals surface area contributed by atoms with Crippen LogP contribution in [0.1, 0.15) is 30.0 Å². The van der Waals surface area contributed by atoms with Crippen molar-refractivity contribution in [2.75, 3.05) is 41.0 Å². The minimum Gasteiger partial charge on any atom is -0.493 e. The number of benzene rings is 3. The molecule has 1 aromatic heterocycles. The molecule has 3 aromatic carbocycles. The number of nitrogens with one attached hydrogen (secondary N) is 1. The molecule has 1 fully saturated rings. The van der Waals surface area contributed by atoms with E-state index in [1.165, 1.54) is 21.3 Å². The minimum atomic E-state index is -1.01. The minimum absolute atomic E-state index is 0.0699. The lowest BCUT2D eigenvalue weighted by atomic mass is 10.0. The average molecular weight is 588 g/mol. The summed E-state index contributed by atoms with van der Waals surface area (Å²) < 4.78 is 24.1. The maximum Gasteiger partial charge on any atom is 0.247 e. The van der Waals surface area contributed by atoms with Crippen molar-refractivity contribution >= 4 is 22.8 Å². The van der Waals surface area contributed by atoms with Crippen LogP contribution in [0.4, 0.5) is 0 Å². The Bertz CT molecular complexity index is 1510. The first-order valence-corrected chi connectivity index (χ1v) is 14.3. The summed E-state index contributed by atoms with van der Waals surface area (Å²) in [5.74, 6) is 0.522. The summed E-state index contributed by atoms with van der Waals surface area (Å²) in [7, 11) is 4.55. The number of rotatable bonds is 13. The predicted octanol–water partition coefficient (Wildman–Crippen LogP) is 3.56. The highest BCUT2D eigenvalue weighted by Gasteiger charge is 2.34. The molecule has 0 radical (unpaired) electrons. The molecule has 11 heteroatoms. The number of para-hydroxylation sites is 1. The third kappa shape index (κ3) is 6.89. The van der Waals surface area contributed by atoms with Gasteiger partial charge in [-0.05, 0) is 54.7 Å². The highest BCUT2D eigenvalue weighted by Crippen LogP contribution is 2.41. The molecule has 0 saturated carbocycles. The van der Waals surface area contributed by atoms with Crippen LogP contribution < -0.4 is 19.5 Å². The van der Waals surface area contributed by atoms with Gasteiger partial charge in [0.05, 0.1) is 33.0 Å². The van der Waals surface area contributed by atoms with Gasteiger partial charge in [-0.25, -0.2) is 4.68 Å². The van der Waals surface area contributed by atoms with Crippen molar-refractivity contribution < 1.29 is 28.5 Å². The molecule has 2 amide bonds. The van der Waals surface area contributed by atoms with E-state index in [4.69, 9.17) is 18.9 Å². The van der Waals surface area contributed by atoms with Crippen LogP contribution in [0, 0.1) is 0 Å². The Morgan fingerprint density at radius 3 is 2.42 bits per heavy atom. The molecule has 4 aromatic rings. The van der Waals surface area contributed by atoms with Gasteiger partial charge < -0.3 is 29.2 Å². The van der Waals surface area contributed by atoms with E-state index in [9.17, 15) is 9.59 Å². The van der Waals surface area contributed by atoms with Gasteiger partial charge in [0.25, 0.3) is 0 Å². The molecule has 2 heterocycles. The van der Waals surface area contributed by atoms with Crippen LogP contribution in [0.2, 0.25) is 0 Å². The van der Waals surface area contributed by atoms with Crippen molar-refractivity contribution in [2.24, 2.45) is 0 Å². The van der Waals surface area contributed by atoms with Gasteiger partial charge >= 0.3 is 0 Å². The lowest BCUT2D eigenvalue weighted by Gasteiger charge is -2.32. The second-order valence-corrected chi connectivity index (χ2v) is 10.3. The maximum atomic E-state index is 14.2. The number of fused-ring (bicyclic) bond motifs is 1. The number of hydrogen-bond acceptors (Lipinski definition) is 8. The number of aromatic nitrogens is 3. The van der Waals surface area contributed by atoms with Crippen LogP contribution in [0.3, 0.4) is 0 Å². The zero-order valence-electron chi connectivity index (χ0n) is 24.7. The number of methoxy groups -OCH3 is 3. The molecule has 226 valence electrons. The van der Waals surface area contributed by atoms with Crippen molar-refractivity contribution in [1.82, 2.24) is 25.2 Å². The van der Waals surface area contributed by atoms with Gasteiger partial charge in [0.1, 0.15) is 18.1 Å². The smallest absolute Gasteiger partial charge is 0.247 e. The Balaban J connectivity index is 1.55. The standard InChI is InChI=1S/C32H37N5O6/c1-40-27-18-23(19-28(41-2)31(27)42-3)30(32(39)33-20-24-12-9-17-43-24)36(16-15-22-10-5-4-6-11-22)29(38)21-37-26-14-8-7-13-25(26)34-35-37/h4-8,10-11,13-14,18-19,24,30H,9,12,15-17,20-21H2,1-3H3,(H,33,39)/t24-,30+/m1/s1. The number of amides is 2. The van der Waals surface area contributed by atoms with Gasteiger partial charge in [0.15, 0.2) is 11.5 Å². The average Bonchev–Trinajstić information content (AvgIpc) is 3.72. The van der Waals surface area contributed by atoms with Crippen molar-refractivity contribution in [2.45, 2.75) is 38.0 Å². The summed E-state index contributed by atoms with van der Waals surface area (Å²) in [6, 6.07) is 19.7. The highest BCUT2D eigenvalue weighted by atomic mass is 16.5. The maximum absolute atomic E-state index is 14.2. The van der Waals surface area contributed by atoms with Gasteiger partial charge in [0, 0.05) is 19.7 Å². The van der Waals surface area contributed by atoms with Crippen LogP contribution in [0.15, 0.2) is 66.7 Å². The monoisotopic (exact) mass is 587 g/mol. The van der Waals surface area contributed by atoms with E-state index in [0.717, 1.165) is 23.9 Å². The molecule has 1 aliphatic rings. The third-order valence-corrected chi connectivity index (χ3v) is 7.60. The molecule has 1 aliphatic heterocycles. The van der Waals surface area contributed by atoms with E-state index in [0.29, 0.717) is 47.9 Å². The highest BCUT2D eigenvalue weighted by molar-refractivity contribution is 5.89. The van der Waals surface area contributed by atoms with Gasteiger partial charge in [-0.3, -0.25) is 9.59 Å². The van der Waals surface area contributed by atoms with E-state index in [2.05, 4.69) is 15.6 Å². The summed E-state index contributed by atoms with van der Waals surface area (Å²) in [6.45, 7) is 1.18. The summed E-state index contributed by atoms with van der Waals surface area (Å²) in [6.07, 6.45) is 2.28. The van der Waals surface area contributed by atoms with Crippen molar-refractivity contribution in [3.8, 4) is 17.2 Å². The quantitative estimate of drug-likeness (QED) is 0.252. The third-order valence-electron chi connectivity index (χ3n) is 7.60. The molecule has 0 unspecified atom stereocenters. The van der Waals surface area contributed by atoms with E-state index in [1.54, 1.807) is 21.7 Å². The molecule has 0 bridgehead atoms. The molecule has 5 rings (SSSR count). The molecule has 43 heavy (non-hydrogen) atoms. The first kappa shape index (κ1) is 29.8. The number of carbonyl (C=O) groups is 2. The molecule has 11 nitrogen and oxygen atoms in total. The van der Waals surface area contributed by atoms with E-state index < -0.39 is 6.04 Å². The molecular formula is C32H37N5O6. The lowest BCUT2D eigenvalue weighted by molar-refractivity contribution is -0.141. The summed E-state index contributed by atoms with van der Waals surface area (Å²) in [5.41, 5.74) is 2.96. The topological polar surface area (TPSA) is 117 Å². The Labute approximate surface area is 250 Å². The van der Waals surface area contributed by atoms with E-state index >= 15 is 0 Å². The summed E-state index contributed by atoms with van der Waals surface area (Å²) in [4.78, 5) is 29.9. The van der Waals surface area contributed by atoms with Crippen LogP contribution in [-0.4, -0.2) is 78.8 Å². The van der Waals surface area contributed by atoms with Crippen LogP contribution in [-0.2, 0) is 27.3 Å². The molecule has 0 spiro atoms. The second-order valence-electron chi connectivity index (χ2n) is 10.3. The SMILES string of the molecule is COc1cc([C@@H](C(=O)NC[C@H]2CCCO2)N(CCc2ccccc2)C(=O)Cn2nnc3ccccc32)cc(OC)c1OC. The fourth-order valence-corrected chi connectivity index (χ4v) is 5.39. The van der Waals surface area contributed by atoms with E-state index in [1.807, 2.05) is 54.6 Å². The van der Waals surface area contributed by atoms with E-state index in [-0.39, 0.29) is 31.0 Å². The van der Waals surface area contributed by atoms with Crippen molar-refractivity contribution in [3.05, 3.63) is 77.9 Å². The number of carbonyl (C=O) groups excluding carboxylic acids is 2. The molecule has 1 N–H and O–H groups in total. The molecule has 1 saturated heterocycles. The van der Waals surface area contributed by atoms with Gasteiger partial charge in [0.2, 0.25) is 17.6 Å². The fourth-order valence-electron chi connectivity index (χ4n) is 5.39. The van der Waals surface area contributed by atoms with Crippen molar-refractivity contribution in [1.29, 1.82) is 0 Å². The Hall–Kier alpha value is -4.64. The van der Waals surface area contributed by atoms with Crippen LogP contribution in [0.25, 0.3) is 11.0 Å². The zero-order valence-corrected chi connectivity index (χ0v) is 24.7. The molecule has 0 aliphatic carbocycles. The van der Waals surface area contributed by atoms with Crippen LogP contribution in [0.5, 0.6) is 17.2 Å². The predicted molar refractivity (Wildman–Crippen MR) is 160 cm³/mol. The lowest BCUT2D eigenvalue weighted by Crippen LogP contribution is -2.47. The van der Waals surface area contributed by atoms with Gasteiger partial charge in [-0.15, -0.1) is 5.10 Å². The molecular weight excluding hydrogens is 550 g/mol. The van der Waals surface area contributed by atoms with Gasteiger partial charge in [-0.2, -0.15) is 0 Å². The fraction of sp³-hybridized carbons (Fsp3) is 0.375. The Morgan fingerprint density at radius 2 is 1.74 bits per heavy atom. The summed E-state index contributed by atoms with van der Waals surface area (Å²) >= 11 is 0. The van der Waals surface area contributed by atoms with Crippen molar-refractivity contribution in [3.63, 3.8) is 0 Å². The normalized spacial score (nSPS) is 15.2. The first-order chi connectivity index (χ1) is 21.0. The largest absolute Gasteiger partial charge is 0.493 e. The van der Waals surface area contributed by atoms with Crippen LogP contribution >= 0.6 is 0 Å². The first-order valence-electron chi connectivity index (χ1n) is 14.3. The zero-order chi connectivity index (χ0) is 30.2. The number of nitrogens with zero attached hydrogens (tertiary/aromatic N) is 4. The molecule has 2 atom stereocenters. The Morgan fingerprint density at radius 1 is 1.02 bits per heavy atom. The second kappa shape index (κ2) is 14.0. The summed E-state index contributed by atoms with van der Waals surface area (Å²) in [5, 5.41) is 11.5. The Kier molecular flexibility index (Phi) is 9.73. The number of ether oxygens (including phenoxy) is 4. The van der Waals surface area contributed by atoms with Gasteiger partial charge in [-0.1, -0.05) is 47.7 Å². The number of hydrogen-bond donors (Lipinski definition) is 1.